The van der Waals surface area contributed by atoms with E-state index in [4.69, 9.17) is 21.1 Å². The molecular formula is C21H18ClF3N2O5. The molecule has 2 aromatic rings. The standard InChI is InChI=1S/C21H18ClF3N2O5/c1-12-20(30)27(15-7-2-3-8-16(15)32-12)10-9-18(29)31-11-17(28)26-19-13(21(23,24)25)5-4-6-14(19)22/h2-8,12H,9-11H2,1H3,(H,26,28). The zero-order valence-corrected chi connectivity index (χ0v) is 17.5. The van der Waals surface area contributed by atoms with Crippen LogP contribution in [0.3, 0.4) is 0 Å². The Kier molecular flexibility index (Phi) is 6.93. The number of para-hydroxylation sites is 3. The SMILES string of the molecule is CC1Oc2ccccc2N(CCC(=O)OCC(=O)Nc2c(Cl)cccc2C(F)(F)F)C1=O. The maximum Gasteiger partial charge on any atom is 0.418 e. The van der Waals surface area contributed by atoms with E-state index in [0.717, 1.165) is 12.1 Å². The Hall–Kier alpha value is -3.27. The molecule has 0 bridgehead atoms. The molecule has 1 aliphatic rings. The molecule has 1 atom stereocenters. The minimum absolute atomic E-state index is 0.0211. The van der Waals surface area contributed by atoms with Crippen molar-refractivity contribution in [2.24, 2.45) is 0 Å². The molecule has 11 heteroatoms. The third-order valence-corrected chi connectivity index (χ3v) is 4.88. The first kappa shape index (κ1) is 23.4. The molecule has 2 amide bonds. The van der Waals surface area contributed by atoms with E-state index in [1.54, 1.807) is 31.2 Å². The fraction of sp³-hybridized carbons (Fsp3) is 0.286. The number of esters is 1. The molecule has 0 aromatic heterocycles. The zero-order valence-electron chi connectivity index (χ0n) is 16.7. The van der Waals surface area contributed by atoms with Crippen LogP contribution in [0.2, 0.25) is 5.02 Å². The molecule has 0 aliphatic carbocycles. The van der Waals surface area contributed by atoms with Crippen molar-refractivity contribution in [1.82, 2.24) is 0 Å². The molecule has 1 unspecified atom stereocenters. The van der Waals surface area contributed by atoms with Gasteiger partial charge < -0.3 is 19.7 Å². The smallest absolute Gasteiger partial charge is 0.418 e. The number of halogens is 4. The highest BCUT2D eigenvalue weighted by Gasteiger charge is 2.35. The Morgan fingerprint density at radius 3 is 2.62 bits per heavy atom. The maximum absolute atomic E-state index is 13.1. The Labute approximate surface area is 186 Å². The van der Waals surface area contributed by atoms with Crippen LogP contribution in [0.5, 0.6) is 5.75 Å². The maximum atomic E-state index is 13.1. The molecule has 0 fully saturated rings. The summed E-state index contributed by atoms with van der Waals surface area (Å²) in [6, 6.07) is 9.88. The molecule has 7 nitrogen and oxygen atoms in total. The van der Waals surface area contributed by atoms with Crippen LogP contribution in [0, 0.1) is 0 Å². The van der Waals surface area contributed by atoms with Crippen molar-refractivity contribution in [2.75, 3.05) is 23.4 Å². The van der Waals surface area contributed by atoms with Gasteiger partial charge in [-0.05, 0) is 31.2 Å². The molecule has 170 valence electrons. The summed E-state index contributed by atoms with van der Waals surface area (Å²) in [6.07, 6.45) is -5.70. The predicted molar refractivity (Wildman–Crippen MR) is 110 cm³/mol. The van der Waals surface area contributed by atoms with Crippen LogP contribution in [0.1, 0.15) is 18.9 Å². The summed E-state index contributed by atoms with van der Waals surface area (Å²) in [5.74, 6) is -1.64. The van der Waals surface area contributed by atoms with Gasteiger partial charge in [0, 0.05) is 6.54 Å². The highest BCUT2D eigenvalue weighted by molar-refractivity contribution is 6.34. The molecule has 0 saturated carbocycles. The minimum Gasteiger partial charge on any atom is -0.479 e. The van der Waals surface area contributed by atoms with E-state index in [1.165, 1.54) is 11.0 Å². The number of carbonyl (C=O) groups is 3. The lowest BCUT2D eigenvalue weighted by Crippen LogP contribution is -2.45. The molecular weight excluding hydrogens is 453 g/mol. The fourth-order valence-corrected chi connectivity index (χ4v) is 3.30. The van der Waals surface area contributed by atoms with E-state index in [1.807, 2.05) is 5.32 Å². The number of nitrogens with one attached hydrogen (secondary N) is 1. The highest BCUT2D eigenvalue weighted by Crippen LogP contribution is 2.38. The predicted octanol–water partition coefficient (Wildman–Crippen LogP) is 4.04. The zero-order chi connectivity index (χ0) is 23.5. The molecule has 1 N–H and O–H groups in total. The molecule has 1 aliphatic heterocycles. The van der Waals surface area contributed by atoms with Crippen molar-refractivity contribution in [1.29, 1.82) is 0 Å². The van der Waals surface area contributed by atoms with Crippen molar-refractivity contribution in [2.45, 2.75) is 25.6 Å². The fourth-order valence-electron chi connectivity index (χ4n) is 3.07. The van der Waals surface area contributed by atoms with Crippen LogP contribution in [0.4, 0.5) is 24.5 Å². The van der Waals surface area contributed by atoms with Gasteiger partial charge in [-0.25, -0.2) is 0 Å². The summed E-state index contributed by atoms with van der Waals surface area (Å²) in [6.45, 7) is 0.746. The number of alkyl halides is 3. The second-order valence-corrected chi connectivity index (χ2v) is 7.24. The van der Waals surface area contributed by atoms with Crippen molar-refractivity contribution in [3.63, 3.8) is 0 Å². The van der Waals surface area contributed by atoms with Crippen molar-refractivity contribution in [3.05, 3.63) is 53.1 Å². The second kappa shape index (κ2) is 9.47. The summed E-state index contributed by atoms with van der Waals surface area (Å²) >= 11 is 5.77. The first-order chi connectivity index (χ1) is 15.1. The molecule has 32 heavy (non-hydrogen) atoms. The number of ether oxygens (including phenoxy) is 2. The third kappa shape index (κ3) is 5.31. The summed E-state index contributed by atoms with van der Waals surface area (Å²) in [4.78, 5) is 37.9. The summed E-state index contributed by atoms with van der Waals surface area (Å²) in [7, 11) is 0. The van der Waals surface area contributed by atoms with Crippen molar-refractivity contribution in [3.8, 4) is 5.75 Å². The van der Waals surface area contributed by atoms with Gasteiger partial charge in [-0.3, -0.25) is 14.4 Å². The van der Waals surface area contributed by atoms with Gasteiger partial charge in [0.2, 0.25) is 0 Å². The van der Waals surface area contributed by atoms with Crippen LogP contribution >= 0.6 is 11.6 Å². The van der Waals surface area contributed by atoms with Crippen molar-refractivity contribution < 1.29 is 37.0 Å². The lowest BCUT2D eigenvalue weighted by atomic mass is 10.1. The Balaban J connectivity index is 1.56. The Morgan fingerprint density at radius 1 is 1.19 bits per heavy atom. The average Bonchev–Trinajstić information content (AvgIpc) is 2.73. The van der Waals surface area contributed by atoms with Gasteiger partial charge in [0.25, 0.3) is 11.8 Å². The van der Waals surface area contributed by atoms with E-state index in [0.29, 0.717) is 11.4 Å². The number of hydrogen-bond donors (Lipinski definition) is 1. The first-order valence-electron chi connectivity index (χ1n) is 9.46. The molecule has 2 aromatic carbocycles. The Bertz CT molecular complexity index is 1040. The van der Waals surface area contributed by atoms with Crippen LogP contribution in [-0.4, -0.2) is 37.0 Å². The van der Waals surface area contributed by atoms with Crippen LogP contribution in [0.25, 0.3) is 0 Å². The van der Waals surface area contributed by atoms with Gasteiger partial charge >= 0.3 is 12.1 Å². The second-order valence-electron chi connectivity index (χ2n) is 6.84. The Morgan fingerprint density at radius 2 is 1.91 bits per heavy atom. The van der Waals surface area contributed by atoms with Crippen LogP contribution in [-0.2, 0) is 25.3 Å². The number of rotatable bonds is 6. The topological polar surface area (TPSA) is 84.9 Å². The van der Waals surface area contributed by atoms with E-state index in [9.17, 15) is 27.6 Å². The molecule has 1 heterocycles. The van der Waals surface area contributed by atoms with Gasteiger partial charge in [-0.15, -0.1) is 0 Å². The average molecular weight is 471 g/mol. The largest absolute Gasteiger partial charge is 0.479 e. The van der Waals surface area contributed by atoms with E-state index in [-0.39, 0.29) is 23.9 Å². The number of benzene rings is 2. The van der Waals surface area contributed by atoms with E-state index in [2.05, 4.69) is 0 Å². The molecule has 0 spiro atoms. The van der Waals surface area contributed by atoms with Gasteiger partial charge in [0.05, 0.1) is 28.4 Å². The number of amides is 2. The van der Waals surface area contributed by atoms with Crippen LogP contribution < -0.4 is 15.0 Å². The first-order valence-corrected chi connectivity index (χ1v) is 9.84. The van der Waals surface area contributed by atoms with E-state index >= 15 is 0 Å². The van der Waals surface area contributed by atoms with Gasteiger partial charge in [0.1, 0.15) is 5.75 Å². The van der Waals surface area contributed by atoms with Gasteiger partial charge in [0.15, 0.2) is 12.7 Å². The lowest BCUT2D eigenvalue weighted by molar-refractivity contribution is -0.147. The summed E-state index contributed by atoms with van der Waals surface area (Å²) in [5.41, 5.74) is -1.24. The summed E-state index contributed by atoms with van der Waals surface area (Å²) in [5, 5.41) is 1.72. The van der Waals surface area contributed by atoms with Gasteiger partial charge in [-0.1, -0.05) is 29.8 Å². The summed E-state index contributed by atoms with van der Waals surface area (Å²) < 4.78 is 49.6. The lowest BCUT2D eigenvalue weighted by Gasteiger charge is -2.32. The number of nitrogens with zero attached hydrogens (tertiary/aromatic N) is 1. The number of carbonyl (C=O) groups excluding carboxylic acids is 3. The number of anilines is 2. The normalized spacial score (nSPS) is 15.6. The number of hydrogen-bond acceptors (Lipinski definition) is 5. The molecule has 0 saturated heterocycles. The quantitative estimate of drug-likeness (QED) is 0.644. The van der Waals surface area contributed by atoms with Gasteiger partial charge in [-0.2, -0.15) is 13.2 Å². The highest BCUT2D eigenvalue weighted by atomic mass is 35.5. The van der Waals surface area contributed by atoms with Crippen molar-refractivity contribution >= 4 is 40.8 Å². The van der Waals surface area contributed by atoms with Crippen LogP contribution in [0.15, 0.2) is 42.5 Å². The monoisotopic (exact) mass is 470 g/mol. The molecule has 0 radical (unpaired) electrons. The van der Waals surface area contributed by atoms with E-state index < -0.39 is 42.0 Å². The number of fused-ring (bicyclic) bond motifs is 1. The molecule has 3 rings (SSSR count). The third-order valence-electron chi connectivity index (χ3n) is 4.56. The minimum atomic E-state index is -4.73.